The second-order valence-corrected chi connectivity index (χ2v) is 5.17. The highest BCUT2D eigenvalue weighted by atomic mass is 79.9. The maximum Gasteiger partial charge on any atom is 0.122 e. The van der Waals surface area contributed by atoms with Gasteiger partial charge >= 0.3 is 0 Å². The number of halogens is 1. The molecule has 3 heteroatoms. The molecule has 0 spiro atoms. The molecule has 0 unspecified atom stereocenters. The standard InChI is InChI=1S/C15H16BrNO/c1-11-10-13(16)4-7-15(11)18-9-8-12-2-5-14(17)6-3-12/h2-7,10H,8-9,17H2,1H3. The van der Waals surface area contributed by atoms with E-state index >= 15 is 0 Å². The van der Waals surface area contributed by atoms with Gasteiger partial charge in [0.25, 0.3) is 0 Å². The Balaban J connectivity index is 1.90. The van der Waals surface area contributed by atoms with E-state index in [1.165, 1.54) is 5.56 Å². The minimum Gasteiger partial charge on any atom is -0.493 e. The highest BCUT2D eigenvalue weighted by Gasteiger charge is 2.00. The van der Waals surface area contributed by atoms with Crippen molar-refractivity contribution < 1.29 is 4.74 Å². The molecule has 0 heterocycles. The van der Waals surface area contributed by atoms with E-state index in [-0.39, 0.29) is 0 Å². The van der Waals surface area contributed by atoms with Gasteiger partial charge in [0.2, 0.25) is 0 Å². The van der Waals surface area contributed by atoms with Crippen LogP contribution < -0.4 is 10.5 Å². The van der Waals surface area contributed by atoms with Crippen LogP contribution in [0.25, 0.3) is 0 Å². The molecule has 0 saturated heterocycles. The number of benzene rings is 2. The van der Waals surface area contributed by atoms with E-state index < -0.39 is 0 Å². The van der Waals surface area contributed by atoms with Crippen LogP contribution in [0, 0.1) is 6.92 Å². The van der Waals surface area contributed by atoms with Gasteiger partial charge in [-0.1, -0.05) is 28.1 Å². The largest absolute Gasteiger partial charge is 0.493 e. The number of nitrogen functional groups attached to an aromatic ring is 1. The lowest BCUT2D eigenvalue weighted by Crippen LogP contribution is -2.02. The van der Waals surface area contributed by atoms with Crippen molar-refractivity contribution in [3.05, 3.63) is 58.1 Å². The lowest BCUT2D eigenvalue weighted by atomic mass is 10.1. The fourth-order valence-electron chi connectivity index (χ4n) is 1.74. The van der Waals surface area contributed by atoms with Gasteiger partial charge in [0.1, 0.15) is 5.75 Å². The summed E-state index contributed by atoms with van der Waals surface area (Å²) in [6.07, 6.45) is 0.885. The van der Waals surface area contributed by atoms with E-state index in [1.807, 2.05) is 43.3 Å². The second kappa shape index (κ2) is 5.91. The van der Waals surface area contributed by atoms with Crippen LogP contribution in [0.2, 0.25) is 0 Å². The highest BCUT2D eigenvalue weighted by molar-refractivity contribution is 9.10. The summed E-state index contributed by atoms with van der Waals surface area (Å²) in [5.41, 5.74) is 8.82. The number of rotatable bonds is 4. The predicted molar refractivity (Wildman–Crippen MR) is 78.9 cm³/mol. The average molecular weight is 306 g/mol. The van der Waals surface area contributed by atoms with Crippen molar-refractivity contribution in [2.24, 2.45) is 0 Å². The molecule has 0 aliphatic rings. The van der Waals surface area contributed by atoms with Crippen molar-refractivity contribution in [3.63, 3.8) is 0 Å². The molecule has 2 aromatic rings. The van der Waals surface area contributed by atoms with Crippen LogP contribution >= 0.6 is 15.9 Å². The maximum absolute atomic E-state index is 5.77. The van der Waals surface area contributed by atoms with Gasteiger partial charge in [0.15, 0.2) is 0 Å². The van der Waals surface area contributed by atoms with Crippen molar-refractivity contribution in [3.8, 4) is 5.75 Å². The Kier molecular flexibility index (Phi) is 4.26. The first-order valence-electron chi connectivity index (χ1n) is 5.88. The van der Waals surface area contributed by atoms with Crippen LogP contribution in [0.5, 0.6) is 5.75 Å². The Morgan fingerprint density at radius 3 is 2.50 bits per heavy atom. The summed E-state index contributed by atoms with van der Waals surface area (Å²) in [4.78, 5) is 0. The van der Waals surface area contributed by atoms with Crippen molar-refractivity contribution in [1.29, 1.82) is 0 Å². The topological polar surface area (TPSA) is 35.2 Å². The van der Waals surface area contributed by atoms with Crippen LogP contribution in [0.15, 0.2) is 46.9 Å². The average Bonchev–Trinajstić information content (AvgIpc) is 2.34. The highest BCUT2D eigenvalue weighted by Crippen LogP contribution is 2.22. The quantitative estimate of drug-likeness (QED) is 0.868. The summed E-state index contributed by atoms with van der Waals surface area (Å²) < 4.78 is 6.85. The van der Waals surface area contributed by atoms with Gasteiger partial charge in [-0.05, 0) is 48.4 Å². The molecule has 0 fully saturated rings. The van der Waals surface area contributed by atoms with Crippen molar-refractivity contribution in [1.82, 2.24) is 0 Å². The SMILES string of the molecule is Cc1cc(Br)ccc1OCCc1ccc(N)cc1. The van der Waals surface area contributed by atoms with Crippen LogP contribution in [-0.4, -0.2) is 6.61 Å². The Morgan fingerprint density at radius 1 is 1.11 bits per heavy atom. The molecule has 2 aromatic carbocycles. The van der Waals surface area contributed by atoms with Gasteiger partial charge in [-0.2, -0.15) is 0 Å². The third kappa shape index (κ3) is 3.50. The first kappa shape index (κ1) is 13.0. The molecular formula is C15H16BrNO. The third-order valence-electron chi connectivity index (χ3n) is 2.77. The van der Waals surface area contributed by atoms with E-state index in [0.29, 0.717) is 6.61 Å². The Bertz CT molecular complexity index is 523. The number of anilines is 1. The number of hydrogen-bond donors (Lipinski definition) is 1. The first-order valence-corrected chi connectivity index (χ1v) is 6.68. The normalized spacial score (nSPS) is 10.3. The van der Waals surface area contributed by atoms with Crippen LogP contribution in [0.1, 0.15) is 11.1 Å². The lowest BCUT2D eigenvalue weighted by Gasteiger charge is -2.09. The first-order chi connectivity index (χ1) is 8.65. The Morgan fingerprint density at radius 2 is 1.83 bits per heavy atom. The van der Waals surface area contributed by atoms with E-state index in [9.17, 15) is 0 Å². The summed E-state index contributed by atoms with van der Waals surface area (Å²) in [6.45, 7) is 2.72. The van der Waals surface area contributed by atoms with Crippen LogP contribution in [0.4, 0.5) is 5.69 Å². The molecule has 0 bridgehead atoms. The van der Waals surface area contributed by atoms with Gasteiger partial charge in [-0.25, -0.2) is 0 Å². The Labute approximate surface area is 116 Å². The van der Waals surface area contributed by atoms with Crippen LogP contribution in [-0.2, 0) is 6.42 Å². The molecule has 94 valence electrons. The molecule has 0 saturated carbocycles. The smallest absolute Gasteiger partial charge is 0.122 e. The fourth-order valence-corrected chi connectivity index (χ4v) is 2.21. The summed E-state index contributed by atoms with van der Waals surface area (Å²) in [7, 11) is 0. The van der Waals surface area contributed by atoms with Gasteiger partial charge in [-0.3, -0.25) is 0 Å². The van der Waals surface area contributed by atoms with Gasteiger partial charge in [0, 0.05) is 16.6 Å². The van der Waals surface area contributed by atoms with Gasteiger partial charge < -0.3 is 10.5 Å². The minimum absolute atomic E-state index is 0.673. The fraction of sp³-hybridized carbons (Fsp3) is 0.200. The molecule has 0 atom stereocenters. The summed E-state index contributed by atoms with van der Waals surface area (Å²) in [5.74, 6) is 0.939. The monoisotopic (exact) mass is 305 g/mol. The minimum atomic E-state index is 0.673. The summed E-state index contributed by atoms with van der Waals surface area (Å²) in [5, 5.41) is 0. The van der Waals surface area contributed by atoms with Gasteiger partial charge in [0.05, 0.1) is 6.61 Å². The number of hydrogen-bond acceptors (Lipinski definition) is 2. The van der Waals surface area contributed by atoms with Gasteiger partial charge in [-0.15, -0.1) is 0 Å². The molecule has 2 N–H and O–H groups in total. The number of ether oxygens (including phenoxy) is 1. The molecule has 0 aliphatic carbocycles. The number of nitrogens with two attached hydrogens (primary N) is 1. The van der Waals surface area contributed by atoms with Crippen molar-refractivity contribution >= 4 is 21.6 Å². The molecule has 0 radical (unpaired) electrons. The van der Waals surface area contributed by atoms with E-state index in [4.69, 9.17) is 10.5 Å². The Hall–Kier alpha value is -1.48. The molecule has 0 aromatic heterocycles. The van der Waals surface area contributed by atoms with Crippen LogP contribution in [0.3, 0.4) is 0 Å². The third-order valence-corrected chi connectivity index (χ3v) is 3.26. The van der Waals surface area contributed by atoms with E-state index in [2.05, 4.69) is 22.0 Å². The second-order valence-electron chi connectivity index (χ2n) is 4.25. The lowest BCUT2D eigenvalue weighted by molar-refractivity contribution is 0.320. The van der Waals surface area contributed by atoms with Crippen molar-refractivity contribution in [2.75, 3.05) is 12.3 Å². The number of aryl methyl sites for hydroxylation is 1. The molecule has 2 rings (SSSR count). The maximum atomic E-state index is 5.77. The summed E-state index contributed by atoms with van der Waals surface area (Å²) in [6, 6.07) is 13.9. The molecule has 2 nitrogen and oxygen atoms in total. The zero-order valence-electron chi connectivity index (χ0n) is 10.3. The molecule has 0 aliphatic heterocycles. The molecular weight excluding hydrogens is 290 g/mol. The zero-order chi connectivity index (χ0) is 13.0. The molecule has 18 heavy (non-hydrogen) atoms. The summed E-state index contributed by atoms with van der Waals surface area (Å²) >= 11 is 3.44. The van der Waals surface area contributed by atoms with E-state index in [0.717, 1.165) is 27.9 Å². The molecule has 0 amide bonds. The predicted octanol–water partition coefficient (Wildman–Crippen LogP) is 3.96. The van der Waals surface area contributed by atoms with E-state index in [1.54, 1.807) is 0 Å². The van der Waals surface area contributed by atoms with Crippen molar-refractivity contribution in [2.45, 2.75) is 13.3 Å². The zero-order valence-corrected chi connectivity index (χ0v) is 11.9.